The van der Waals surface area contributed by atoms with Crippen LogP contribution >= 0.6 is 0 Å². The van der Waals surface area contributed by atoms with Crippen molar-refractivity contribution in [2.75, 3.05) is 30.5 Å². The number of imidazole rings is 1. The van der Waals surface area contributed by atoms with Gasteiger partial charge in [-0.15, -0.1) is 0 Å². The maximum atomic E-state index is 12.6. The number of carbonyl (C=O) groups is 2. The number of nitrogens with one attached hydrogen (secondary N) is 1. The van der Waals surface area contributed by atoms with Crippen LogP contribution < -0.4 is 10.2 Å². The molecule has 2 amide bonds. The summed E-state index contributed by atoms with van der Waals surface area (Å²) in [5, 5.41) is 3.05. The van der Waals surface area contributed by atoms with E-state index in [0.717, 1.165) is 54.0 Å². The number of aromatic nitrogens is 2. The van der Waals surface area contributed by atoms with E-state index < -0.39 is 0 Å². The third-order valence-electron chi connectivity index (χ3n) is 6.15. The quantitative estimate of drug-likeness (QED) is 0.685. The Morgan fingerprint density at radius 1 is 1.10 bits per heavy atom. The zero-order chi connectivity index (χ0) is 21.4. The zero-order valence-electron chi connectivity index (χ0n) is 17.6. The van der Waals surface area contributed by atoms with Crippen molar-refractivity contribution in [1.82, 2.24) is 9.38 Å². The molecule has 0 spiro atoms. The minimum absolute atomic E-state index is 0.00435. The van der Waals surface area contributed by atoms with Crippen LogP contribution in [0.5, 0.6) is 0 Å². The van der Waals surface area contributed by atoms with Gasteiger partial charge in [0.15, 0.2) is 0 Å². The lowest BCUT2D eigenvalue weighted by atomic mass is 9.99. The molecular formula is C24H26N4O3. The summed E-state index contributed by atoms with van der Waals surface area (Å²) in [5.41, 5.74) is 4.27. The van der Waals surface area contributed by atoms with Crippen molar-refractivity contribution in [3.63, 3.8) is 0 Å². The van der Waals surface area contributed by atoms with Crippen LogP contribution in [0, 0.1) is 11.8 Å². The highest BCUT2D eigenvalue weighted by atomic mass is 16.5. The minimum atomic E-state index is -0.00435. The van der Waals surface area contributed by atoms with Gasteiger partial charge in [-0.3, -0.25) is 14.0 Å². The Hall–Kier alpha value is -3.19. The molecule has 0 radical (unpaired) electrons. The van der Waals surface area contributed by atoms with E-state index in [1.54, 1.807) is 4.90 Å². The van der Waals surface area contributed by atoms with E-state index in [2.05, 4.69) is 10.3 Å². The van der Waals surface area contributed by atoms with Crippen molar-refractivity contribution in [2.45, 2.75) is 25.7 Å². The van der Waals surface area contributed by atoms with Gasteiger partial charge >= 0.3 is 0 Å². The molecule has 1 saturated heterocycles. The summed E-state index contributed by atoms with van der Waals surface area (Å²) in [7, 11) is 1.82. The second-order valence-electron chi connectivity index (χ2n) is 8.39. The van der Waals surface area contributed by atoms with Gasteiger partial charge in [-0.05, 0) is 49.9 Å². The average molecular weight is 418 g/mol. The van der Waals surface area contributed by atoms with Gasteiger partial charge in [0.25, 0.3) is 0 Å². The van der Waals surface area contributed by atoms with Gasteiger partial charge in [-0.2, -0.15) is 0 Å². The highest BCUT2D eigenvalue weighted by Crippen LogP contribution is 2.33. The predicted molar refractivity (Wildman–Crippen MR) is 119 cm³/mol. The van der Waals surface area contributed by atoms with Gasteiger partial charge in [0.1, 0.15) is 5.65 Å². The molecule has 2 aromatic heterocycles. The molecule has 7 heteroatoms. The molecule has 0 unspecified atom stereocenters. The Bertz CT molecular complexity index is 1130. The molecule has 1 aliphatic carbocycles. The van der Waals surface area contributed by atoms with Crippen LogP contribution in [-0.2, 0) is 14.3 Å². The second-order valence-corrected chi connectivity index (χ2v) is 8.39. The molecule has 2 fully saturated rings. The Labute approximate surface area is 181 Å². The summed E-state index contributed by atoms with van der Waals surface area (Å²) in [4.78, 5) is 31.3. The number of carbonyl (C=O) groups excluding carboxylic acids is 2. The zero-order valence-corrected chi connectivity index (χ0v) is 17.6. The summed E-state index contributed by atoms with van der Waals surface area (Å²) >= 11 is 0. The maximum absolute atomic E-state index is 12.6. The molecule has 5 rings (SSSR count). The van der Waals surface area contributed by atoms with E-state index in [9.17, 15) is 9.59 Å². The van der Waals surface area contributed by atoms with Gasteiger partial charge in [-0.25, -0.2) is 4.98 Å². The first kappa shape index (κ1) is 19.8. The minimum Gasteiger partial charge on any atom is -0.381 e. The lowest BCUT2D eigenvalue weighted by Gasteiger charge is -2.21. The average Bonchev–Trinajstić information content (AvgIpc) is 3.57. The van der Waals surface area contributed by atoms with Crippen molar-refractivity contribution in [3.05, 3.63) is 48.8 Å². The van der Waals surface area contributed by atoms with E-state index in [0.29, 0.717) is 13.2 Å². The summed E-state index contributed by atoms with van der Waals surface area (Å²) in [6.45, 7) is 1.28. The molecule has 2 aliphatic rings. The molecule has 7 nitrogen and oxygen atoms in total. The normalized spacial score (nSPS) is 16.9. The van der Waals surface area contributed by atoms with Gasteiger partial charge in [0, 0.05) is 49.5 Å². The highest BCUT2D eigenvalue weighted by Gasteiger charge is 2.32. The van der Waals surface area contributed by atoms with Crippen molar-refractivity contribution in [3.8, 4) is 11.3 Å². The number of fused-ring (bicyclic) bond motifs is 1. The summed E-state index contributed by atoms with van der Waals surface area (Å²) in [6.07, 6.45) is 7.25. The Morgan fingerprint density at radius 3 is 2.68 bits per heavy atom. The van der Waals surface area contributed by atoms with Crippen LogP contribution in [0.3, 0.4) is 0 Å². The molecule has 1 aromatic carbocycles. The number of anilines is 2. The predicted octanol–water partition coefficient (Wildman–Crippen LogP) is 3.74. The fourth-order valence-corrected chi connectivity index (χ4v) is 4.07. The van der Waals surface area contributed by atoms with Crippen LogP contribution in [0.2, 0.25) is 0 Å². The molecular weight excluding hydrogens is 392 g/mol. The van der Waals surface area contributed by atoms with Gasteiger partial charge < -0.3 is 15.0 Å². The standard InChI is InChI=1S/C24H26N4O3/c1-27(24(30)17-5-6-17)20-7-8-22-25-14-21(28(22)15-20)18-3-2-4-19(13-18)26-23(29)16-9-11-31-12-10-16/h2-4,7-8,13-17H,5-6,9-12H2,1H3,(H,26,29). The third-order valence-corrected chi connectivity index (χ3v) is 6.15. The van der Waals surface area contributed by atoms with Gasteiger partial charge in [0.05, 0.1) is 17.6 Å². The van der Waals surface area contributed by atoms with Gasteiger partial charge in [0.2, 0.25) is 11.8 Å². The number of hydrogen-bond acceptors (Lipinski definition) is 4. The van der Waals surface area contributed by atoms with E-state index >= 15 is 0 Å². The van der Waals surface area contributed by atoms with Crippen molar-refractivity contribution < 1.29 is 14.3 Å². The first-order chi connectivity index (χ1) is 15.1. The Morgan fingerprint density at radius 2 is 1.90 bits per heavy atom. The monoisotopic (exact) mass is 418 g/mol. The van der Waals surface area contributed by atoms with Crippen LogP contribution in [0.25, 0.3) is 16.9 Å². The maximum Gasteiger partial charge on any atom is 0.229 e. The van der Waals surface area contributed by atoms with Crippen molar-refractivity contribution in [1.29, 1.82) is 0 Å². The molecule has 3 aromatic rings. The molecule has 0 bridgehead atoms. The highest BCUT2D eigenvalue weighted by molar-refractivity contribution is 5.96. The van der Waals surface area contributed by atoms with Crippen molar-refractivity contribution >= 4 is 28.8 Å². The largest absolute Gasteiger partial charge is 0.381 e. The fraction of sp³-hybridized carbons (Fsp3) is 0.375. The van der Waals surface area contributed by atoms with Crippen LogP contribution in [-0.4, -0.2) is 41.5 Å². The number of nitrogens with zero attached hydrogens (tertiary/aromatic N) is 3. The topological polar surface area (TPSA) is 75.9 Å². The molecule has 0 atom stereocenters. The Balaban J connectivity index is 1.41. The molecule has 31 heavy (non-hydrogen) atoms. The number of benzene rings is 1. The number of ether oxygens (including phenoxy) is 1. The number of amides is 2. The number of pyridine rings is 1. The van der Waals surface area contributed by atoms with E-state index in [-0.39, 0.29) is 23.7 Å². The van der Waals surface area contributed by atoms with Crippen LogP contribution in [0.4, 0.5) is 11.4 Å². The molecule has 1 saturated carbocycles. The second kappa shape index (κ2) is 8.15. The summed E-state index contributed by atoms with van der Waals surface area (Å²) in [5.74, 6) is 0.370. The fourth-order valence-electron chi connectivity index (χ4n) is 4.07. The lowest BCUT2D eigenvalue weighted by Crippen LogP contribution is -2.28. The van der Waals surface area contributed by atoms with Gasteiger partial charge in [-0.1, -0.05) is 12.1 Å². The van der Waals surface area contributed by atoms with Crippen LogP contribution in [0.1, 0.15) is 25.7 Å². The smallest absolute Gasteiger partial charge is 0.229 e. The van der Waals surface area contributed by atoms with E-state index in [4.69, 9.17) is 4.74 Å². The first-order valence-corrected chi connectivity index (χ1v) is 10.8. The Kier molecular flexibility index (Phi) is 5.19. The molecule has 160 valence electrons. The molecule has 1 N–H and O–H groups in total. The third kappa shape index (κ3) is 4.05. The van der Waals surface area contributed by atoms with Crippen LogP contribution in [0.15, 0.2) is 48.8 Å². The molecule has 1 aliphatic heterocycles. The first-order valence-electron chi connectivity index (χ1n) is 10.8. The van der Waals surface area contributed by atoms with E-state index in [1.165, 1.54) is 0 Å². The molecule has 3 heterocycles. The SMILES string of the molecule is CN(C(=O)C1CC1)c1ccc2ncc(-c3cccc(NC(=O)C4CCOCC4)c3)n2c1. The summed E-state index contributed by atoms with van der Waals surface area (Å²) < 4.78 is 7.34. The number of hydrogen-bond donors (Lipinski definition) is 1. The lowest BCUT2D eigenvalue weighted by molar-refractivity contribution is -0.122. The summed E-state index contributed by atoms with van der Waals surface area (Å²) in [6, 6.07) is 11.6. The van der Waals surface area contributed by atoms with Crippen molar-refractivity contribution in [2.24, 2.45) is 11.8 Å². The van der Waals surface area contributed by atoms with E-state index in [1.807, 2.05) is 60.2 Å². The number of rotatable bonds is 5.